The van der Waals surface area contributed by atoms with E-state index in [1.807, 2.05) is 13.1 Å². The number of hydrogen-bond acceptors (Lipinski definition) is 4. The van der Waals surface area contributed by atoms with Gasteiger partial charge in [0.25, 0.3) is 0 Å². The third-order valence-electron chi connectivity index (χ3n) is 3.84. The van der Waals surface area contributed by atoms with Crippen molar-refractivity contribution in [2.75, 3.05) is 17.7 Å². The van der Waals surface area contributed by atoms with Gasteiger partial charge in [0.1, 0.15) is 0 Å². The Morgan fingerprint density at radius 1 is 1.33 bits per heavy atom. The summed E-state index contributed by atoms with van der Waals surface area (Å²) in [6.45, 7) is 2.90. The molecule has 0 aliphatic heterocycles. The lowest BCUT2D eigenvalue weighted by Gasteiger charge is -2.17. The van der Waals surface area contributed by atoms with Crippen LogP contribution in [-0.4, -0.2) is 12.8 Å². The van der Waals surface area contributed by atoms with Crippen LogP contribution in [-0.2, 0) is 6.54 Å². The number of rotatable bonds is 5. The molecule has 1 fully saturated rings. The van der Waals surface area contributed by atoms with Crippen molar-refractivity contribution < 1.29 is 4.79 Å². The molecule has 1 heterocycles. The lowest BCUT2D eigenvalue weighted by molar-refractivity contribution is 0.0972. The van der Waals surface area contributed by atoms with E-state index in [9.17, 15) is 4.79 Å². The number of hydrogen-bond donors (Lipinski definition) is 1. The fourth-order valence-electron chi connectivity index (χ4n) is 2.35. The first-order chi connectivity index (χ1) is 10.0. The van der Waals surface area contributed by atoms with Crippen LogP contribution in [0.25, 0.3) is 0 Å². The van der Waals surface area contributed by atoms with Crippen LogP contribution in [0.2, 0.25) is 0 Å². The predicted octanol–water partition coefficient (Wildman–Crippen LogP) is 3.87. The lowest BCUT2D eigenvalue weighted by Crippen LogP contribution is -2.14. The quantitative estimate of drug-likeness (QED) is 0.853. The smallest absolute Gasteiger partial charge is 0.178 e. The van der Waals surface area contributed by atoms with Crippen LogP contribution in [0.4, 0.5) is 10.7 Å². The Morgan fingerprint density at radius 2 is 2.00 bits per heavy atom. The van der Waals surface area contributed by atoms with Crippen LogP contribution < -0.4 is 10.6 Å². The van der Waals surface area contributed by atoms with Crippen LogP contribution >= 0.6 is 11.3 Å². The van der Waals surface area contributed by atoms with E-state index in [1.54, 1.807) is 0 Å². The van der Waals surface area contributed by atoms with Crippen molar-refractivity contribution in [2.45, 2.75) is 26.3 Å². The van der Waals surface area contributed by atoms with Crippen molar-refractivity contribution in [3.8, 4) is 0 Å². The predicted molar refractivity (Wildman–Crippen MR) is 89.1 cm³/mol. The maximum Gasteiger partial charge on any atom is 0.178 e. The molecule has 2 N–H and O–H groups in total. The van der Waals surface area contributed by atoms with Gasteiger partial charge >= 0.3 is 0 Å². The molecule has 3 nitrogen and oxygen atoms in total. The molecule has 1 aliphatic carbocycles. The summed E-state index contributed by atoms with van der Waals surface area (Å²) in [4.78, 5) is 15.1. The largest absolute Gasteiger partial charge is 0.397 e. The van der Waals surface area contributed by atoms with E-state index in [0.717, 1.165) is 29.3 Å². The molecule has 4 heteroatoms. The Kier molecular flexibility index (Phi) is 3.72. The number of nitrogens with zero attached hydrogens (tertiary/aromatic N) is 1. The number of aryl methyl sites for hydroxylation is 1. The maximum absolute atomic E-state index is 12.2. The minimum absolute atomic E-state index is 0.223. The van der Waals surface area contributed by atoms with Crippen LogP contribution in [0.15, 0.2) is 30.3 Å². The summed E-state index contributed by atoms with van der Waals surface area (Å²) in [6, 6.07) is 10.4. The number of carbonyl (C=O) groups excluding carboxylic acids is 1. The second-order valence-electron chi connectivity index (χ2n) is 5.85. The summed E-state index contributed by atoms with van der Waals surface area (Å²) in [5.74, 6) is 0.452. The van der Waals surface area contributed by atoms with Gasteiger partial charge in [-0.25, -0.2) is 0 Å². The summed E-state index contributed by atoms with van der Waals surface area (Å²) in [5.41, 5.74) is 9.17. The average molecular weight is 300 g/mol. The van der Waals surface area contributed by atoms with Crippen molar-refractivity contribution >= 4 is 27.8 Å². The van der Waals surface area contributed by atoms with Crippen molar-refractivity contribution in [3.63, 3.8) is 0 Å². The Morgan fingerprint density at radius 3 is 2.62 bits per heavy atom. The zero-order valence-electron chi connectivity index (χ0n) is 12.4. The van der Waals surface area contributed by atoms with Crippen molar-refractivity contribution in [3.05, 3.63) is 46.3 Å². The Bertz CT molecular complexity index is 656. The summed E-state index contributed by atoms with van der Waals surface area (Å²) < 4.78 is 0. The number of anilines is 2. The van der Waals surface area contributed by atoms with E-state index in [1.165, 1.54) is 22.5 Å². The van der Waals surface area contributed by atoms with Gasteiger partial charge in [0.05, 0.1) is 15.6 Å². The molecule has 1 aromatic heterocycles. The standard InChI is InChI=1S/C17H20N2OS/c1-11-3-5-12(6-4-11)10-19(2)15-9-14(18)17(21-15)16(20)13-7-8-13/h3-6,9,13H,7-8,10,18H2,1-2H3. The van der Waals surface area contributed by atoms with E-state index in [0.29, 0.717) is 5.69 Å². The number of nitrogen functional groups attached to an aromatic ring is 1. The van der Waals surface area contributed by atoms with E-state index in [2.05, 4.69) is 36.1 Å². The first kappa shape index (κ1) is 14.1. The fraction of sp³-hybridized carbons (Fsp3) is 0.353. The normalized spacial score (nSPS) is 14.2. The number of thiophene rings is 1. The second-order valence-corrected chi connectivity index (χ2v) is 6.88. The first-order valence-electron chi connectivity index (χ1n) is 7.25. The molecular formula is C17H20N2OS. The summed E-state index contributed by atoms with van der Waals surface area (Å²) in [5, 5.41) is 1.05. The molecular weight excluding hydrogens is 280 g/mol. The Hall–Kier alpha value is -1.81. The molecule has 1 aromatic carbocycles. The molecule has 1 saturated carbocycles. The first-order valence-corrected chi connectivity index (χ1v) is 8.06. The van der Waals surface area contributed by atoms with Crippen LogP contribution in [0.5, 0.6) is 0 Å². The molecule has 0 amide bonds. The summed E-state index contributed by atoms with van der Waals surface area (Å²) in [6.07, 6.45) is 2.04. The summed E-state index contributed by atoms with van der Waals surface area (Å²) in [7, 11) is 2.04. The van der Waals surface area contributed by atoms with Crippen molar-refractivity contribution in [2.24, 2.45) is 5.92 Å². The third kappa shape index (κ3) is 3.10. The van der Waals surface area contributed by atoms with Gasteiger partial charge in [0, 0.05) is 19.5 Å². The Balaban J connectivity index is 1.75. The fourth-order valence-corrected chi connectivity index (χ4v) is 3.41. The SMILES string of the molecule is Cc1ccc(CN(C)c2cc(N)c(C(=O)C3CC3)s2)cc1. The number of benzene rings is 1. The third-order valence-corrected chi connectivity index (χ3v) is 5.12. The number of Topliss-reactive ketones (excluding diaryl/α,β-unsaturated/α-hetero) is 1. The van der Waals surface area contributed by atoms with Crippen LogP contribution in [0, 0.1) is 12.8 Å². The van der Waals surface area contributed by atoms with Gasteiger partial charge in [-0.3, -0.25) is 4.79 Å². The van der Waals surface area contributed by atoms with Crippen molar-refractivity contribution in [1.82, 2.24) is 0 Å². The van der Waals surface area contributed by atoms with Gasteiger partial charge in [-0.15, -0.1) is 11.3 Å². The van der Waals surface area contributed by atoms with Gasteiger partial charge in [0.2, 0.25) is 0 Å². The average Bonchev–Trinajstić information content (AvgIpc) is 3.23. The molecule has 0 unspecified atom stereocenters. The highest BCUT2D eigenvalue weighted by atomic mass is 32.1. The molecule has 3 rings (SSSR count). The van der Waals surface area contributed by atoms with E-state index in [4.69, 9.17) is 5.73 Å². The van der Waals surface area contributed by atoms with Gasteiger partial charge in [0.15, 0.2) is 5.78 Å². The number of ketones is 1. The lowest BCUT2D eigenvalue weighted by atomic mass is 10.1. The van der Waals surface area contributed by atoms with E-state index >= 15 is 0 Å². The molecule has 0 atom stereocenters. The zero-order valence-corrected chi connectivity index (χ0v) is 13.2. The van der Waals surface area contributed by atoms with E-state index in [-0.39, 0.29) is 11.7 Å². The number of nitrogens with two attached hydrogens (primary N) is 1. The molecule has 0 bridgehead atoms. The highest BCUT2D eigenvalue weighted by molar-refractivity contribution is 7.18. The molecule has 2 aromatic rings. The molecule has 0 saturated heterocycles. The second kappa shape index (κ2) is 5.53. The van der Waals surface area contributed by atoms with Gasteiger partial charge in [-0.1, -0.05) is 29.8 Å². The highest BCUT2D eigenvalue weighted by Gasteiger charge is 2.32. The molecule has 21 heavy (non-hydrogen) atoms. The van der Waals surface area contributed by atoms with Gasteiger partial charge in [-0.05, 0) is 31.4 Å². The molecule has 0 radical (unpaired) electrons. The van der Waals surface area contributed by atoms with Crippen LogP contribution in [0.3, 0.4) is 0 Å². The Labute approximate surface area is 129 Å². The molecule has 110 valence electrons. The number of carbonyl (C=O) groups is 1. The zero-order chi connectivity index (χ0) is 15.0. The minimum atomic E-state index is 0.223. The van der Waals surface area contributed by atoms with Crippen LogP contribution in [0.1, 0.15) is 33.6 Å². The maximum atomic E-state index is 12.2. The van der Waals surface area contributed by atoms with Gasteiger partial charge in [-0.2, -0.15) is 0 Å². The molecule has 0 spiro atoms. The highest BCUT2D eigenvalue weighted by Crippen LogP contribution is 2.39. The monoisotopic (exact) mass is 300 g/mol. The summed E-state index contributed by atoms with van der Waals surface area (Å²) >= 11 is 1.52. The van der Waals surface area contributed by atoms with E-state index < -0.39 is 0 Å². The van der Waals surface area contributed by atoms with Gasteiger partial charge < -0.3 is 10.6 Å². The minimum Gasteiger partial charge on any atom is -0.397 e. The topological polar surface area (TPSA) is 46.3 Å². The molecule has 1 aliphatic rings. The van der Waals surface area contributed by atoms with Crippen molar-refractivity contribution in [1.29, 1.82) is 0 Å².